The fourth-order valence-electron chi connectivity index (χ4n) is 1.85. The van der Waals surface area contributed by atoms with Crippen LogP contribution in [-0.2, 0) is 13.1 Å². The molecule has 0 spiro atoms. The lowest BCUT2D eigenvalue weighted by Crippen LogP contribution is -2.25. The number of carbonyl (C=O) groups excluding carboxylic acids is 1. The summed E-state index contributed by atoms with van der Waals surface area (Å²) in [5, 5.41) is 3.47. The first-order valence-electron chi connectivity index (χ1n) is 5.98. The summed E-state index contributed by atoms with van der Waals surface area (Å²) in [7, 11) is 0. The number of hydrogen-bond acceptors (Lipinski definition) is 1. The van der Waals surface area contributed by atoms with Gasteiger partial charge in [0.2, 0.25) is 0 Å². The van der Waals surface area contributed by atoms with Crippen molar-refractivity contribution in [2.45, 2.75) is 20.0 Å². The zero-order valence-corrected chi connectivity index (χ0v) is 12.8. The van der Waals surface area contributed by atoms with Gasteiger partial charge in [-0.15, -0.1) is 0 Å². The molecular weight excluding hydrogens is 328 g/mol. The summed E-state index contributed by atoms with van der Waals surface area (Å²) in [5.41, 5.74) is 1.63. The smallest absolute Gasteiger partial charge is 0.268 e. The van der Waals surface area contributed by atoms with Crippen molar-refractivity contribution in [1.29, 1.82) is 0 Å². The van der Waals surface area contributed by atoms with Crippen LogP contribution in [0.4, 0.5) is 0 Å². The Morgan fingerprint density at radius 1 is 1.42 bits per heavy atom. The predicted molar refractivity (Wildman–Crippen MR) is 80.4 cm³/mol. The molecule has 0 bridgehead atoms. The SMILES string of the molecule is CCn1cc(Cl)cc1C(=O)NCc1cccc(Br)c1. The minimum Gasteiger partial charge on any atom is -0.347 e. The second-order valence-corrected chi connectivity index (χ2v) is 5.49. The highest BCUT2D eigenvalue weighted by molar-refractivity contribution is 9.10. The molecule has 5 heteroatoms. The van der Waals surface area contributed by atoms with E-state index in [4.69, 9.17) is 11.6 Å². The zero-order valence-electron chi connectivity index (χ0n) is 10.5. The van der Waals surface area contributed by atoms with Gasteiger partial charge in [0.1, 0.15) is 5.69 Å². The van der Waals surface area contributed by atoms with Crippen molar-refractivity contribution in [1.82, 2.24) is 9.88 Å². The van der Waals surface area contributed by atoms with E-state index in [9.17, 15) is 4.79 Å². The third-order valence-corrected chi connectivity index (χ3v) is 3.48. The van der Waals surface area contributed by atoms with Crippen molar-refractivity contribution in [2.75, 3.05) is 0 Å². The third kappa shape index (κ3) is 3.61. The number of nitrogens with one attached hydrogen (secondary N) is 1. The van der Waals surface area contributed by atoms with E-state index in [1.165, 1.54) is 0 Å². The summed E-state index contributed by atoms with van der Waals surface area (Å²) in [6.07, 6.45) is 1.76. The van der Waals surface area contributed by atoms with Crippen LogP contribution in [0.2, 0.25) is 5.02 Å². The molecule has 0 unspecified atom stereocenters. The number of benzene rings is 1. The molecule has 0 radical (unpaired) electrons. The first-order chi connectivity index (χ1) is 9.10. The van der Waals surface area contributed by atoms with Crippen molar-refractivity contribution < 1.29 is 4.79 Å². The molecule has 19 heavy (non-hydrogen) atoms. The first-order valence-corrected chi connectivity index (χ1v) is 7.15. The van der Waals surface area contributed by atoms with E-state index >= 15 is 0 Å². The highest BCUT2D eigenvalue weighted by Crippen LogP contribution is 2.15. The van der Waals surface area contributed by atoms with E-state index in [1.807, 2.05) is 35.8 Å². The second kappa shape index (κ2) is 6.26. The Kier molecular flexibility index (Phi) is 4.66. The maximum atomic E-state index is 12.1. The van der Waals surface area contributed by atoms with Crippen LogP contribution in [-0.4, -0.2) is 10.5 Å². The van der Waals surface area contributed by atoms with Crippen LogP contribution in [0.3, 0.4) is 0 Å². The largest absolute Gasteiger partial charge is 0.347 e. The molecule has 100 valence electrons. The third-order valence-electron chi connectivity index (χ3n) is 2.78. The van der Waals surface area contributed by atoms with Crippen molar-refractivity contribution in [3.05, 3.63) is 57.3 Å². The molecule has 1 aromatic heterocycles. The molecule has 0 aliphatic heterocycles. The monoisotopic (exact) mass is 340 g/mol. The van der Waals surface area contributed by atoms with Gasteiger partial charge in [-0.25, -0.2) is 0 Å². The van der Waals surface area contributed by atoms with Crippen molar-refractivity contribution in [3.8, 4) is 0 Å². The van der Waals surface area contributed by atoms with Crippen LogP contribution in [0.15, 0.2) is 41.0 Å². The Morgan fingerprint density at radius 2 is 2.21 bits per heavy atom. The summed E-state index contributed by atoms with van der Waals surface area (Å²) in [6, 6.07) is 9.52. The summed E-state index contributed by atoms with van der Waals surface area (Å²) < 4.78 is 2.83. The molecule has 2 rings (SSSR count). The van der Waals surface area contributed by atoms with Crippen LogP contribution in [0.5, 0.6) is 0 Å². The standard InChI is InChI=1S/C14H14BrClN2O/c1-2-18-9-12(16)7-13(18)14(19)17-8-10-4-3-5-11(15)6-10/h3-7,9H,2,8H2,1H3,(H,17,19). The average molecular weight is 342 g/mol. The Hall–Kier alpha value is -1.26. The van der Waals surface area contributed by atoms with Gasteiger partial charge in [-0.2, -0.15) is 0 Å². The van der Waals surface area contributed by atoms with Crippen molar-refractivity contribution in [2.24, 2.45) is 0 Å². The van der Waals surface area contributed by atoms with Crippen LogP contribution < -0.4 is 5.32 Å². The molecule has 0 saturated carbocycles. The lowest BCUT2D eigenvalue weighted by atomic mass is 10.2. The number of halogens is 2. The zero-order chi connectivity index (χ0) is 13.8. The molecule has 2 aromatic rings. The van der Waals surface area contributed by atoms with Gasteiger partial charge in [-0.05, 0) is 30.7 Å². The van der Waals surface area contributed by atoms with Crippen LogP contribution in [0, 0.1) is 0 Å². The van der Waals surface area contributed by atoms with Crippen LogP contribution in [0.25, 0.3) is 0 Å². The molecule has 1 amide bonds. The number of nitrogens with zero attached hydrogens (tertiary/aromatic N) is 1. The van der Waals surface area contributed by atoms with E-state index in [1.54, 1.807) is 12.3 Å². The summed E-state index contributed by atoms with van der Waals surface area (Å²) >= 11 is 9.33. The topological polar surface area (TPSA) is 34.0 Å². The van der Waals surface area contributed by atoms with Gasteiger partial charge in [0.05, 0.1) is 5.02 Å². The van der Waals surface area contributed by atoms with Gasteiger partial charge in [-0.3, -0.25) is 4.79 Å². The fourth-order valence-corrected chi connectivity index (χ4v) is 2.51. The molecule has 1 N–H and O–H groups in total. The van der Waals surface area contributed by atoms with Gasteiger partial charge in [0, 0.05) is 23.8 Å². The maximum Gasteiger partial charge on any atom is 0.268 e. The van der Waals surface area contributed by atoms with Gasteiger partial charge in [-0.1, -0.05) is 39.7 Å². The Labute approximate surface area is 125 Å². The van der Waals surface area contributed by atoms with Gasteiger partial charge in [0.15, 0.2) is 0 Å². The molecule has 0 aliphatic carbocycles. The number of hydrogen-bond donors (Lipinski definition) is 1. The highest BCUT2D eigenvalue weighted by Gasteiger charge is 2.11. The molecule has 0 fully saturated rings. The maximum absolute atomic E-state index is 12.1. The van der Waals surface area contributed by atoms with E-state index in [-0.39, 0.29) is 5.91 Å². The van der Waals surface area contributed by atoms with Crippen molar-refractivity contribution in [3.63, 3.8) is 0 Å². The normalized spacial score (nSPS) is 10.5. The summed E-state index contributed by atoms with van der Waals surface area (Å²) in [4.78, 5) is 12.1. The van der Waals surface area contributed by atoms with E-state index < -0.39 is 0 Å². The van der Waals surface area contributed by atoms with Gasteiger partial charge in [0.25, 0.3) is 5.91 Å². The highest BCUT2D eigenvalue weighted by atomic mass is 79.9. The fraction of sp³-hybridized carbons (Fsp3) is 0.214. The molecule has 1 heterocycles. The Balaban J connectivity index is 2.05. The van der Waals surface area contributed by atoms with Gasteiger partial charge >= 0.3 is 0 Å². The predicted octanol–water partition coefficient (Wildman–Crippen LogP) is 3.85. The number of amides is 1. The van der Waals surface area contributed by atoms with E-state index in [0.29, 0.717) is 23.8 Å². The lowest BCUT2D eigenvalue weighted by molar-refractivity contribution is 0.0941. The quantitative estimate of drug-likeness (QED) is 0.900. The first kappa shape index (κ1) is 14.2. The molecule has 1 aromatic carbocycles. The lowest BCUT2D eigenvalue weighted by Gasteiger charge is -2.08. The minimum absolute atomic E-state index is 0.117. The molecule has 0 saturated heterocycles. The molecule has 0 atom stereocenters. The Bertz CT molecular complexity index is 595. The molecule has 3 nitrogen and oxygen atoms in total. The summed E-state index contributed by atoms with van der Waals surface area (Å²) in [6.45, 7) is 3.18. The minimum atomic E-state index is -0.117. The molecule has 0 aliphatic rings. The molecular formula is C14H14BrClN2O. The number of carbonyl (C=O) groups is 1. The second-order valence-electron chi connectivity index (χ2n) is 4.14. The summed E-state index contributed by atoms with van der Waals surface area (Å²) in [5.74, 6) is -0.117. The van der Waals surface area contributed by atoms with E-state index in [0.717, 1.165) is 10.0 Å². The van der Waals surface area contributed by atoms with Crippen LogP contribution in [0.1, 0.15) is 23.0 Å². The number of aryl methyl sites for hydroxylation is 1. The number of rotatable bonds is 4. The average Bonchev–Trinajstić information content (AvgIpc) is 2.77. The van der Waals surface area contributed by atoms with Crippen LogP contribution >= 0.6 is 27.5 Å². The number of aromatic nitrogens is 1. The van der Waals surface area contributed by atoms with Crippen molar-refractivity contribution >= 4 is 33.4 Å². The van der Waals surface area contributed by atoms with Gasteiger partial charge < -0.3 is 9.88 Å². The Morgan fingerprint density at radius 3 is 2.89 bits per heavy atom. The van der Waals surface area contributed by atoms with E-state index in [2.05, 4.69) is 21.2 Å².